The Morgan fingerprint density at radius 1 is 1.00 bits per heavy atom. The van der Waals surface area contributed by atoms with E-state index in [1.807, 2.05) is 47.7 Å². The zero-order valence-electron chi connectivity index (χ0n) is 13.8. The molecule has 4 rings (SSSR count). The summed E-state index contributed by atoms with van der Waals surface area (Å²) < 4.78 is 4.19. The summed E-state index contributed by atoms with van der Waals surface area (Å²) in [5.74, 6) is 0.466. The fourth-order valence-corrected chi connectivity index (χ4v) is 3.30. The maximum atomic E-state index is 7.70. The molecular formula is C19H18N6. The van der Waals surface area contributed by atoms with Gasteiger partial charge in [-0.05, 0) is 30.7 Å². The Balaban J connectivity index is 2.01. The van der Waals surface area contributed by atoms with Crippen LogP contribution in [0.3, 0.4) is 0 Å². The second-order valence-corrected chi connectivity index (χ2v) is 6.04. The van der Waals surface area contributed by atoms with E-state index in [2.05, 4.69) is 26.9 Å². The van der Waals surface area contributed by atoms with E-state index in [-0.39, 0.29) is 5.92 Å². The van der Waals surface area contributed by atoms with Gasteiger partial charge < -0.3 is 15.4 Å². The van der Waals surface area contributed by atoms with Gasteiger partial charge in [0.25, 0.3) is 0 Å². The molecule has 25 heavy (non-hydrogen) atoms. The first-order valence-electron chi connectivity index (χ1n) is 8.12. The molecule has 124 valence electrons. The molecule has 0 aliphatic rings. The topological polar surface area (TPSA) is 82.8 Å². The fourth-order valence-electron chi connectivity index (χ4n) is 3.30. The molecule has 0 amide bonds. The maximum Gasteiger partial charge on any atom is 0.161 e. The number of benzene rings is 1. The van der Waals surface area contributed by atoms with Crippen LogP contribution in [0.2, 0.25) is 0 Å². The van der Waals surface area contributed by atoms with Crippen LogP contribution in [-0.4, -0.2) is 31.6 Å². The Morgan fingerprint density at radius 2 is 1.76 bits per heavy atom. The second kappa shape index (κ2) is 5.98. The van der Waals surface area contributed by atoms with Crippen molar-refractivity contribution in [2.75, 3.05) is 0 Å². The van der Waals surface area contributed by atoms with E-state index >= 15 is 0 Å². The molecular weight excluding hydrogens is 312 g/mol. The van der Waals surface area contributed by atoms with Gasteiger partial charge in [0, 0.05) is 24.7 Å². The summed E-state index contributed by atoms with van der Waals surface area (Å²) in [5, 5.41) is 23.8. The monoisotopic (exact) mass is 330 g/mol. The van der Waals surface area contributed by atoms with E-state index in [1.165, 1.54) is 18.0 Å². The molecule has 1 aromatic carbocycles. The normalized spacial score (nSPS) is 12.5. The van der Waals surface area contributed by atoms with Crippen LogP contribution in [0.25, 0.3) is 16.7 Å². The van der Waals surface area contributed by atoms with Gasteiger partial charge in [-0.15, -0.1) is 10.2 Å². The molecule has 3 aromatic heterocycles. The molecule has 3 heterocycles. The van der Waals surface area contributed by atoms with Gasteiger partial charge in [-0.3, -0.25) is 4.40 Å². The highest BCUT2D eigenvalue weighted by atomic mass is 15.2. The zero-order chi connectivity index (χ0) is 17.4. The molecule has 0 aliphatic heterocycles. The Morgan fingerprint density at radius 3 is 2.48 bits per heavy atom. The first-order chi connectivity index (χ1) is 12.2. The van der Waals surface area contributed by atoms with E-state index in [1.54, 1.807) is 0 Å². The standard InChI is InChI=1S/C19H18N6/c1-13-22-23-19-8-7-16-18(25(13)19)9-17(15(10-20)11-21)24(16)12-14-5-3-2-4-6-14/h2-11,15,20-21H,12H2,1H3. The molecule has 0 bridgehead atoms. The molecule has 0 saturated carbocycles. The molecule has 2 N–H and O–H groups in total. The largest absolute Gasteiger partial charge is 0.338 e. The van der Waals surface area contributed by atoms with Crippen molar-refractivity contribution < 1.29 is 0 Å². The number of rotatable bonds is 5. The molecule has 0 spiro atoms. The van der Waals surface area contributed by atoms with Crippen LogP contribution in [0.4, 0.5) is 0 Å². The Labute approximate surface area is 144 Å². The summed E-state index contributed by atoms with van der Waals surface area (Å²) in [5.41, 5.74) is 4.94. The number of nitrogens with zero attached hydrogens (tertiary/aromatic N) is 4. The van der Waals surface area contributed by atoms with Crippen molar-refractivity contribution in [1.82, 2.24) is 19.2 Å². The number of pyridine rings is 1. The lowest BCUT2D eigenvalue weighted by Gasteiger charge is -2.13. The quantitative estimate of drug-likeness (QED) is 0.550. The lowest BCUT2D eigenvalue weighted by atomic mass is 10.1. The van der Waals surface area contributed by atoms with Crippen molar-refractivity contribution in [1.29, 1.82) is 10.8 Å². The van der Waals surface area contributed by atoms with Crippen molar-refractivity contribution in [2.45, 2.75) is 19.4 Å². The molecule has 6 nitrogen and oxygen atoms in total. The lowest BCUT2D eigenvalue weighted by Crippen LogP contribution is -2.10. The first-order valence-corrected chi connectivity index (χ1v) is 8.12. The summed E-state index contributed by atoms with van der Waals surface area (Å²) in [4.78, 5) is 0. The van der Waals surface area contributed by atoms with Crippen LogP contribution in [0, 0.1) is 17.7 Å². The summed E-state index contributed by atoms with van der Waals surface area (Å²) in [6.07, 6.45) is 2.61. The van der Waals surface area contributed by atoms with Gasteiger partial charge in [0.1, 0.15) is 5.82 Å². The first kappa shape index (κ1) is 15.3. The summed E-state index contributed by atoms with van der Waals surface area (Å²) >= 11 is 0. The van der Waals surface area contributed by atoms with Gasteiger partial charge >= 0.3 is 0 Å². The van der Waals surface area contributed by atoms with Crippen LogP contribution >= 0.6 is 0 Å². The predicted octanol–water partition coefficient (Wildman–Crippen LogP) is 3.42. The van der Waals surface area contributed by atoms with Gasteiger partial charge in [0.15, 0.2) is 5.65 Å². The van der Waals surface area contributed by atoms with Crippen LogP contribution in [0.1, 0.15) is 23.0 Å². The van der Waals surface area contributed by atoms with E-state index in [0.29, 0.717) is 6.54 Å². The SMILES string of the molecule is Cc1nnc2ccc3c(cc(C(C=N)C=N)n3Cc3ccccc3)n12. The Hall–Kier alpha value is -3.28. The number of aromatic nitrogens is 4. The minimum atomic E-state index is -0.358. The molecule has 0 atom stereocenters. The Bertz CT molecular complexity index is 1070. The van der Waals surface area contributed by atoms with Gasteiger partial charge in [-0.25, -0.2) is 0 Å². The minimum Gasteiger partial charge on any atom is -0.338 e. The zero-order valence-corrected chi connectivity index (χ0v) is 13.8. The lowest BCUT2D eigenvalue weighted by molar-refractivity contribution is 0.786. The van der Waals surface area contributed by atoms with Gasteiger partial charge in [0.05, 0.1) is 17.0 Å². The van der Waals surface area contributed by atoms with Crippen molar-refractivity contribution in [2.24, 2.45) is 0 Å². The van der Waals surface area contributed by atoms with Crippen molar-refractivity contribution in [3.8, 4) is 0 Å². The van der Waals surface area contributed by atoms with Crippen molar-refractivity contribution in [3.63, 3.8) is 0 Å². The van der Waals surface area contributed by atoms with E-state index in [0.717, 1.165) is 28.2 Å². The average Bonchev–Trinajstić information content (AvgIpc) is 3.19. The number of hydrogen-bond donors (Lipinski definition) is 2. The number of hydrogen-bond acceptors (Lipinski definition) is 4. The van der Waals surface area contributed by atoms with Gasteiger partial charge in [0.2, 0.25) is 0 Å². The molecule has 4 aromatic rings. The fraction of sp³-hybridized carbons (Fsp3) is 0.158. The molecule has 0 radical (unpaired) electrons. The number of fused-ring (bicyclic) bond motifs is 3. The van der Waals surface area contributed by atoms with Crippen molar-refractivity contribution >= 4 is 29.1 Å². The highest BCUT2D eigenvalue weighted by Crippen LogP contribution is 2.27. The number of nitrogens with one attached hydrogen (secondary N) is 2. The predicted molar refractivity (Wildman–Crippen MR) is 99.1 cm³/mol. The average molecular weight is 330 g/mol. The van der Waals surface area contributed by atoms with Gasteiger partial charge in [-0.1, -0.05) is 30.3 Å². The minimum absolute atomic E-state index is 0.358. The highest BCUT2D eigenvalue weighted by molar-refractivity contribution is 5.90. The second-order valence-electron chi connectivity index (χ2n) is 6.04. The van der Waals surface area contributed by atoms with Crippen molar-refractivity contribution in [3.05, 3.63) is 65.6 Å². The third-order valence-corrected chi connectivity index (χ3v) is 4.51. The van der Waals surface area contributed by atoms with Crippen LogP contribution in [0.15, 0.2) is 48.5 Å². The maximum absolute atomic E-state index is 7.70. The molecule has 0 aliphatic carbocycles. The molecule has 6 heteroatoms. The summed E-state index contributed by atoms with van der Waals surface area (Å²) in [6, 6.07) is 16.3. The molecule has 0 unspecified atom stereocenters. The molecule has 0 fully saturated rings. The number of aryl methyl sites for hydroxylation is 1. The van der Waals surface area contributed by atoms with E-state index < -0.39 is 0 Å². The van der Waals surface area contributed by atoms with E-state index in [4.69, 9.17) is 10.8 Å². The Kier molecular flexibility index (Phi) is 3.65. The highest BCUT2D eigenvalue weighted by Gasteiger charge is 2.18. The third kappa shape index (κ3) is 2.42. The van der Waals surface area contributed by atoms with Crippen LogP contribution in [-0.2, 0) is 6.54 Å². The third-order valence-electron chi connectivity index (χ3n) is 4.51. The van der Waals surface area contributed by atoms with Gasteiger partial charge in [-0.2, -0.15) is 0 Å². The molecule has 0 saturated heterocycles. The van der Waals surface area contributed by atoms with Crippen LogP contribution < -0.4 is 0 Å². The van der Waals surface area contributed by atoms with Crippen LogP contribution in [0.5, 0.6) is 0 Å². The smallest absolute Gasteiger partial charge is 0.161 e. The summed E-state index contributed by atoms with van der Waals surface area (Å²) in [6.45, 7) is 2.61. The summed E-state index contributed by atoms with van der Waals surface area (Å²) in [7, 11) is 0. The van der Waals surface area contributed by atoms with E-state index in [9.17, 15) is 0 Å².